The van der Waals surface area contributed by atoms with E-state index in [0.717, 1.165) is 27.2 Å². The number of carbonyl (C=O) groups is 1. The summed E-state index contributed by atoms with van der Waals surface area (Å²) in [6.07, 6.45) is 3.72. The predicted octanol–water partition coefficient (Wildman–Crippen LogP) is 4.51. The van der Waals surface area contributed by atoms with Gasteiger partial charge < -0.3 is 15.2 Å². The summed E-state index contributed by atoms with van der Waals surface area (Å²) in [5.41, 5.74) is 4.19. The predicted molar refractivity (Wildman–Crippen MR) is 110 cm³/mol. The van der Waals surface area contributed by atoms with Crippen molar-refractivity contribution >= 4 is 34.0 Å². The molecular formula is C21H20N4OS. The van der Waals surface area contributed by atoms with Gasteiger partial charge in [-0.25, -0.2) is 4.98 Å². The number of hydrogen-bond donors (Lipinski definition) is 2. The second-order valence-corrected chi connectivity index (χ2v) is 7.31. The van der Waals surface area contributed by atoms with E-state index in [-0.39, 0.29) is 5.91 Å². The van der Waals surface area contributed by atoms with E-state index < -0.39 is 0 Å². The third-order valence-corrected chi connectivity index (χ3v) is 5.38. The van der Waals surface area contributed by atoms with Crippen LogP contribution in [0.4, 0.5) is 5.69 Å². The zero-order valence-electron chi connectivity index (χ0n) is 15.0. The molecule has 0 saturated heterocycles. The first kappa shape index (κ1) is 17.3. The maximum absolute atomic E-state index is 12.5. The molecule has 0 radical (unpaired) electrons. The SMILES string of the molecule is CN(Cc1ccccc1NCc1ccnc2[nH]ccc12)C(=O)c1cccs1. The van der Waals surface area contributed by atoms with Gasteiger partial charge in [0.1, 0.15) is 5.65 Å². The molecule has 0 unspecified atom stereocenters. The van der Waals surface area contributed by atoms with Gasteiger partial charge in [0.15, 0.2) is 0 Å². The molecule has 0 saturated carbocycles. The summed E-state index contributed by atoms with van der Waals surface area (Å²) in [5, 5.41) is 6.56. The van der Waals surface area contributed by atoms with E-state index in [1.807, 2.05) is 67.3 Å². The number of aromatic nitrogens is 2. The number of nitrogens with zero attached hydrogens (tertiary/aromatic N) is 2. The smallest absolute Gasteiger partial charge is 0.263 e. The molecule has 0 aliphatic rings. The Morgan fingerprint density at radius 3 is 2.89 bits per heavy atom. The van der Waals surface area contributed by atoms with Crippen molar-refractivity contribution in [1.29, 1.82) is 0 Å². The first-order chi connectivity index (χ1) is 13.2. The second-order valence-electron chi connectivity index (χ2n) is 6.36. The first-order valence-corrected chi connectivity index (χ1v) is 9.62. The molecule has 0 aliphatic carbocycles. The standard InChI is InChI=1S/C21H20N4OS/c1-25(21(26)19-7-4-12-27-19)14-16-5-2-3-6-18(16)24-13-15-8-10-22-20-17(15)9-11-23-20/h2-12,24H,13-14H2,1H3,(H,22,23). The van der Waals surface area contributed by atoms with Crippen LogP contribution in [0.5, 0.6) is 0 Å². The number of amides is 1. The number of para-hydroxylation sites is 1. The summed E-state index contributed by atoms with van der Waals surface area (Å²) < 4.78 is 0. The topological polar surface area (TPSA) is 61.0 Å². The van der Waals surface area contributed by atoms with Crippen molar-refractivity contribution < 1.29 is 4.79 Å². The third-order valence-electron chi connectivity index (χ3n) is 4.52. The van der Waals surface area contributed by atoms with Gasteiger partial charge in [0.2, 0.25) is 0 Å². The Morgan fingerprint density at radius 1 is 1.15 bits per heavy atom. The van der Waals surface area contributed by atoms with Gasteiger partial charge in [-0.2, -0.15) is 0 Å². The minimum Gasteiger partial charge on any atom is -0.381 e. The van der Waals surface area contributed by atoms with Crippen molar-refractivity contribution in [3.63, 3.8) is 0 Å². The number of thiophene rings is 1. The minimum atomic E-state index is 0.0444. The van der Waals surface area contributed by atoms with Gasteiger partial charge in [0.25, 0.3) is 5.91 Å². The zero-order chi connectivity index (χ0) is 18.6. The highest BCUT2D eigenvalue weighted by molar-refractivity contribution is 7.12. The highest BCUT2D eigenvalue weighted by Crippen LogP contribution is 2.21. The second kappa shape index (κ2) is 7.63. The molecule has 4 aromatic rings. The molecule has 0 spiro atoms. The maximum Gasteiger partial charge on any atom is 0.263 e. The van der Waals surface area contributed by atoms with Crippen molar-refractivity contribution in [1.82, 2.24) is 14.9 Å². The molecule has 0 bridgehead atoms. The van der Waals surface area contributed by atoms with Crippen LogP contribution in [-0.2, 0) is 13.1 Å². The van der Waals surface area contributed by atoms with Crippen molar-refractivity contribution in [3.8, 4) is 0 Å². The molecule has 1 amide bonds. The molecule has 4 rings (SSSR count). The third kappa shape index (κ3) is 3.71. The lowest BCUT2D eigenvalue weighted by Gasteiger charge is -2.19. The summed E-state index contributed by atoms with van der Waals surface area (Å²) in [7, 11) is 1.84. The quantitative estimate of drug-likeness (QED) is 0.520. The van der Waals surface area contributed by atoms with Gasteiger partial charge in [0, 0.05) is 43.6 Å². The Kier molecular flexibility index (Phi) is 4.89. The first-order valence-electron chi connectivity index (χ1n) is 8.74. The van der Waals surface area contributed by atoms with Crippen molar-refractivity contribution in [2.45, 2.75) is 13.1 Å². The Hall–Kier alpha value is -3.12. The lowest BCUT2D eigenvalue weighted by molar-refractivity contribution is 0.0790. The summed E-state index contributed by atoms with van der Waals surface area (Å²) in [6, 6.07) is 15.9. The van der Waals surface area contributed by atoms with Crippen LogP contribution in [-0.4, -0.2) is 27.8 Å². The average Bonchev–Trinajstić information content (AvgIpc) is 3.38. The summed E-state index contributed by atoms with van der Waals surface area (Å²) in [4.78, 5) is 22.5. The number of rotatable bonds is 6. The number of fused-ring (bicyclic) bond motifs is 1. The number of carbonyl (C=O) groups excluding carboxylic acids is 1. The van der Waals surface area contributed by atoms with Crippen LogP contribution < -0.4 is 5.32 Å². The Morgan fingerprint density at radius 2 is 2.04 bits per heavy atom. The highest BCUT2D eigenvalue weighted by Gasteiger charge is 2.14. The minimum absolute atomic E-state index is 0.0444. The van der Waals surface area contributed by atoms with Crippen LogP contribution in [0.3, 0.4) is 0 Å². The van der Waals surface area contributed by atoms with E-state index >= 15 is 0 Å². The van der Waals surface area contributed by atoms with Crippen LogP contribution in [0.15, 0.2) is 66.3 Å². The fraction of sp³-hybridized carbons (Fsp3) is 0.143. The van der Waals surface area contributed by atoms with Crippen molar-refractivity contribution in [2.24, 2.45) is 0 Å². The summed E-state index contributed by atoms with van der Waals surface area (Å²) in [6.45, 7) is 1.24. The molecule has 1 aromatic carbocycles. The normalized spacial score (nSPS) is 10.9. The van der Waals surface area contributed by atoms with Crippen LogP contribution in [0.25, 0.3) is 11.0 Å². The summed E-state index contributed by atoms with van der Waals surface area (Å²) >= 11 is 1.47. The van der Waals surface area contributed by atoms with Gasteiger partial charge >= 0.3 is 0 Å². The Bertz CT molecular complexity index is 1050. The molecule has 5 nitrogen and oxygen atoms in total. The van der Waals surface area contributed by atoms with Gasteiger partial charge in [-0.05, 0) is 40.8 Å². The zero-order valence-corrected chi connectivity index (χ0v) is 15.8. The molecule has 0 aliphatic heterocycles. The van der Waals surface area contributed by atoms with Gasteiger partial charge in [-0.15, -0.1) is 11.3 Å². The largest absolute Gasteiger partial charge is 0.381 e. The van der Waals surface area contributed by atoms with E-state index in [4.69, 9.17) is 0 Å². The van der Waals surface area contributed by atoms with Gasteiger partial charge in [-0.1, -0.05) is 24.3 Å². The Labute approximate surface area is 161 Å². The molecule has 0 fully saturated rings. The monoisotopic (exact) mass is 376 g/mol. The molecule has 136 valence electrons. The van der Waals surface area contributed by atoms with Crippen LogP contribution in [0.1, 0.15) is 20.8 Å². The highest BCUT2D eigenvalue weighted by atomic mass is 32.1. The average molecular weight is 376 g/mol. The number of pyridine rings is 1. The number of hydrogen-bond acceptors (Lipinski definition) is 4. The number of nitrogens with one attached hydrogen (secondary N) is 2. The molecule has 0 atom stereocenters. The molecule has 2 N–H and O–H groups in total. The lowest BCUT2D eigenvalue weighted by atomic mass is 10.1. The fourth-order valence-electron chi connectivity index (χ4n) is 3.11. The van der Waals surface area contributed by atoms with E-state index in [1.54, 1.807) is 4.90 Å². The number of H-pyrrole nitrogens is 1. The Balaban J connectivity index is 1.49. The van der Waals surface area contributed by atoms with Crippen molar-refractivity contribution in [3.05, 3.63) is 82.3 Å². The number of anilines is 1. The van der Waals surface area contributed by atoms with E-state index in [9.17, 15) is 4.79 Å². The summed E-state index contributed by atoms with van der Waals surface area (Å²) in [5.74, 6) is 0.0444. The van der Waals surface area contributed by atoms with Crippen LogP contribution >= 0.6 is 11.3 Å². The fourth-order valence-corrected chi connectivity index (χ4v) is 3.83. The van der Waals surface area contributed by atoms with E-state index in [2.05, 4.69) is 21.4 Å². The molecular weight excluding hydrogens is 356 g/mol. The molecule has 6 heteroatoms. The number of aromatic amines is 1. The van der Waals surface area contributed by atoms with Crippen LogP contribution in [0.2, 0.25) is 0 Å². The molecule has 3 aromatic heterocycles. The van der Waals surface area contributed by atoms with Crippen molar-refractivity contribution in [2.75, 3.05) is 12.4 Å². The molecule has 27 heavy (non-hydrogen) atoms. The van der Waals surface area contributed by atoms with E-state index in [0.29, 0.717) is 13.1 Å². The van der Waals surface area contributed by atoms with Gasteiger partial charge in [-0.3, -0.25) is 4.79 Å². The van der Waals surface area contributed by atoms with Crippen LogP contribution in [0, 0.1) is 0 Å². The maximum atomic E-state index is 12.5. The van der Waals surface area contributed by atoms with E-state index in [1.165, 1.54) is 16.9 Å². The molecule has 3 heterocycles. The van der Waals surface area contributed by atoms with Gasteiger partial charge in [0.05, 0.1) is 4.88 Å². The lowest BCUT2D eigenvalue weighted by Crippen LogP contribution is -2.25. The number of benzene rings is 1.